The highest BCUT2D eigenvalue weighted by Gasteiger charge is 2.29. The molecule has 2 aromatic heterocycles. The number of oxazole rings is 1. The molecular weight excluding hydrogens is 441 g/mol. The first-order valence-electron chi connectivity index (χ1n) is 11.0. The van der Waals surface area contributed by atoms with Crippen molar-refractivity contribution >= 4 is 17.7 Å². The Morgan fingerprint density at radius 1 is 1.24 bits per heavy atom. The Kier molecular flexibility index (Phi) is 6.92. The van der Waals surface area contributed by atoms with Gasteiger partial charge in [-0.2, -0.15) is 10.2 Å². The lowest BCUT2D eigenvalue weighted by molar-refractivity contribution is -0.125. The van der Waals surface area contributed by atoms with Crippen LogP contribution >= 0.6 is 0 Å². The molecule has 34 heavy (non-hydrogen) atoms. The van der Waals surface area contributed by atoms with Crippen LogP contribution in [0.3, 0.4) is 0 Å². The van der Waals surface area contributed by atoms with Gasteiger partial charge in [-0.15, -0.1) is 0 Å². The van der Waals surface area contributed by atoms with Crippen LogP contribution in [-0.4, -0.2) is 43.0 Å². The first-order chi connectivity index (χ1) is 16.5. The lowest BCUT2D eigenvalue weighted by atomic mass is 9.96. The van der Waals surface area contributed by atoms with E-state index >= 15 is 0 Å². The predicted octanol–water partition coefficient (Wildman–Crippen LogP) is 3.02. The van der Waals surface area contributed by atoms with Crippen LogP contribution < -0.4 is 15.5 Å². The molecule has 0 radical (unpaired) electrons. The molecule has 4 rings (SSSR count). The molecule has 1 fully saturated rings. The fraction of sp³-hybridized carbons (Fsp3) is 0.333. The number of nitrogens with one attached hydrogen (secondary N) is 2. The maximum absolute atomic E-state index is 13.6. The second-order valence-corrected chi connectivity index (χ2v) is 8.03. The van der Waals surface area contributed by atoms with Crippen molar-refractivity contribution in [3.8, 4) is 17.7 Å². The maximum Gasteiger partial charge on any atom is 0.266 e. The molecular formula is C24H24FN5O4. The van der Waals surface area contributed by atoms with E-state index in [-0.39, 0.29) is 42.1 Å². The Morgan fingerprint density at radius 3 is 2.68 bits per heavy atom. The van der Waals surface area contributed by atoms with Crippen LogP contribution in [0.15, 0.2) is 45.4 Å². The number of piperidine rings is 1. The SMILES string of the molecule is Cc1ccc(C(=O)NCCNC(=O)C2CCN(c3oc(-c4ccco4)nc3C#N)CC2)cc1F. The van der Waals surface area contributed by atoms with Crippen LogP contribution in [-0.2, 0) is 4.79 Å². The molecule has 176 valence electrons. The number of hydrogen-bond acceptors (Lipinski definition) is 7. The number of nitriles is 1. The molecule has 0 unspecified atom stereocenters. The minimum atomic E-state index is -0.434. The molecule has 3 heterocycles. The van der Waals surface area contributed by atoms with E-state index in [9.17, 15) is 19.2 Å². The summed E-state index contributed by atoms with van der Waals surface area (Å²) in [5.74, 6) is -0.0420. The van der Waals surface area contributed by atoms with E-state index < -0.39 is 11.7 Å². The molecule has 1 aliphatic heterocycles. The molecule has 1 aromatic carbocycles. The first-order valence-corrected chi connectivity index (χ1v) is 11.0. The summed E-state index contributed by atoms with van der Waals surface area (Å²) in [6.07, 6.45) is 2.67. The van der Waals surface area contributed by atoms with E-state index in [4.69, 9.17) is 8.83 Å². The van der Waals surface area contributed by atoms with Crippen molar-refractivity contribution in [3.05, 3.63) is 59.2 Å². The highest BCUT2D eigenvalue weighted by atomic mass is 19.1. The third-order valence-corrected chi connectivity index (χ3v) is 5.74. The molecule has 1 saturated heterocycles. The second-order valence-electron chi connectivity index (χ2n) is 8.03. The summed E-state index contributed by atoms with van der Waals surface area (Å²) in [6.45, 7) is 3.21. The van der Waals surface area contributed by atoms with Gasteiger partial charge in [-0.05, 0) is 49.6 Å². The number of nitrogens with zero attached hydrogens (tertiary/aromatic N) is 3. The quantitative estimate of drug-likeness (QED) is 0.514. The van der Waals surface area contributed by atoms with E-state index in [0.29, 0.717) is 43.1 Å². The molecule has 2 amide bonds. The van der Waals surface area contributed by atoms with E-state index in [1.807, 2.05) is 11.0 Å². The highest BCUT2D eigenvalue weighted by molar-refractivity contribution is 5.94. The minimum absolute atomic E-state index is 0.0929. The Morgan fingerprint density at radius 2 is 2.00 bits per heavy atom. The number of aryl methyl sites for hydroxylation is 1. The summed E-state index contributed by atoms with van der Waals surface area (Å²) in [4.78, 5) is 30.7. The van der Waals surface area contributed by atoms with E-state index in [1.54, 1.807) is 31.2 Å². The number of benzene rings is 1. The fourth-order valence-corrected chi connectivity index (χ4v) is 3.79. The second kappa shape index (κ2) is 10.2. The van der Waals surface area contributed by atoms with Gasteiger partial charge in [-0.1, -0.05) is 6.07 Å². The minimum Gasteiger partial charge on any atom is -0.459 e. The Balaban J connectivity index is 1.23. The number of carbonyl (C=O) groups is 2. The lowest BCUT2D eigenvalue weighted by Crippen LogP contribution is -2.42. The van der Waals surface area contributed by atoms with Crippen LogP contribution in [0.1, 0.15) is 34.5 Å². The Hall–Kier alpha value is -4.13. The summed E-state index contributed by atoms with van der Waals surface area (Å²) >= 11 is 0. The number of aromatic nitrogens is 1. The van der Waals surface area contributed by atoms with Crippen LogP contribution in [0.5, 0.6) is 0 Å². The van der Waals surface area contributed by atoms with Gasteiger partial charge < -0.3 is 24.4 Å². The number of hydrogen-bond donors (Lipinski definition) is 2. The Labute approximate surface area is 195 Å². The van der Waals surface area contributed by atoms with Gasteiger partial charge in [0.2, 0.25) is 17.5 Å². The van der Waals surface area contributed by atoms with E-state index in [1.165, 1.54) is 12.3 Å². The van der Waals surface area contributed by atoms with Gasteiger partial charge in [0.15, 0.2) is 5.76 Å². The molecule has 0 bridgehead atoms. The number of rotatable bonds is 7. The average molecular weight is 465 g/mol. The van der Waals surface area contributed by atoms with Gasteiger partial charge in [0, 0.05) is 37.7 Å². The van der Waals surface area contributed by atoms with Crippen molar-refractivity contribution in [3.63, 3.8) is 0 Å². The molecule has 0 spiro atoms. The predicted molar refractivity (Wildman–Crippen MR) is 120 cm³/mol. The van der Waals surface area contributed by atoms with Crippen molar-refractivity contribution in [2.24, 2.45) is 5.92 Å². The number of amides is 2. The van der Waals surface area contributed by atoms with E-state index in [0.717, 1.165) is 0 Å². The summed E-state index contributed by atoms with van der Waals surface area (Å²) < 4.78 is 24.7. The van der Waals surface area contributed by atoms with Crippen molar-refractivity contribution in [1.82, 2.24) is 15.6 Å². The third-order valence-electron chi connectivity index (χ3n) is 5.74. The Bertz CT molecular complexity index is 1210. The fourth-order valence-electron chi connectivity index (χ4n) is 3.79. The zero-order valence-corrected chi connectivity index (χ0v) is 18.6. The van der Waals surface area contributed by atoms with Gasteiger partial charge in [0.05, 0.1) is 6.26 Å². The number of halogens is 1. The molecule has 3 aromatic rings. The molecule has 0 atom stereocenters. The van der Waals surface area contributed by atoms with Crippen LogP contribution in [0.25, 0.3) is 11.7 Å². The summed E-state index contributed by atoms with van der Waals surface area (Å²) in [6, 6.07) is 9.77. The van der Waals surface area contributed by atoms with Gasteiger partial charge >= 0.3 is 0 Å². The summed E-state index contributed by atoms with van der Waals surface area (Å²) in [5.41, 5.74) is 0.889. The molecule has 0 saturated carbocycles. The molecule has 1 aliphatic rings. The largest absolute Gasteiger partial charge is 0.459 e. The maximum atomic E-state index is 13.6. The van der Waals surface area contributed by atoms with Crippen LogP contribution in [0.4, 0.5) is 10.3 Å². The highest BCUT2D eigenvalue weighted by Crippen LogP contribution is 2.31. The zero-order valence-electron chi connectivity index (χ0n) is 18.6. The number of carbonyl (C=O) groups excluding carboxylic acids is 2. The van der Waals surface area contributed by atoms with Gasteiger partial charge in [0.1, 0.15) is 11.9 Å². The van der Waals surface area contributed by atoms with Gasteiger partial charge in [0.25, 0.3) is 11.8 Å². The van der Waals surface area contributed by atoms with Crippen molar-refractivity contribution in [2.45, 2.75) is 19.8 Å². The molecule has 9 nitrogen and oxygen atoms in total. The lowest BCUT2D eigenvalue weighted by Gasteiger charge is -2.30. The molecule has 2 N–H and O–H groups in total. The zero-order chi connectivity index (χ0) is 24.1. The van der Waals surface area contributed by atoms with Crippen molar-refractivity contribution in [1.29, 1.82) is 5.26 Å². The van der Waals surface area contributed by atoms with Gasteiger partial charge in [-0.3, -0.25) is 9.59 Å². The van der Waals surface area contributed by atoms with Crippen LogP contribution in [0.2, 0.25) is 0 Å². The number of anilines is 1. The molecule has 10 heteroatoms. The van der Waals surface area contributed by atoms with Crippen molar-refractivity contribution in [2.75, 3.05) is 31.1 Å². The monoisotopic (exact) mass is 465 g/mol. The standard InChI is InChI=1S/C24H24FN5O4/c1-15-4-5-17(13-18(15)25)22(32)28-9-8-27-21(31)16-6-10-30(11-7-16)24-19(14-26)29-23(34-24)20-3-2-12-33-20/h2-5,12-13,16H,6-11H2,1H3,(H,27,31)(H,28,32). The summed E-state index contributed by atoms with van der Waals surface area (Å²) in [7, 11) is 0. The van der Waals surface area contributed by atoms with Gasteiger partial charge in [-0.25, -0.2) is 4.39 Å². The van der Waals surface area contributed by atoms with E-state index in [2.05, 4.69) is 15.6 Å². The normalized spacial score (nSPS) is 14.0. The van der Waals surface area contributed by atoms with Crippen molar-refractivity contribution < 1.29 is 22.8 Å². The first kappa shape index (κ1) is 23.0. The van der Waals surface area contributed by atoms with Crippen LogP contribution in [0, 0.1) is 30.0 Å². The summed E-state index contributed by atoms with van der Waals surface area (Å²) in [5, 5.41) is 14.9. The average Bonchev–Trinajstić information content (AvgIpc) is 3.53. The topological polar surface area (TPSA) is 124 Å². The third kappa shape index (κ3) is 5.09. The molecule has 0 aliphatic carbocycles. The number of furan rings is 1. The smallest absolute Gasteiger partial charge is 0.266 e.